The summed E-state index contributed by atoms with van der Waals surface area (Å²) < 4.78 is 0. The van der Waals surface area contributed by atoms with E-state index in [9.17, 15) is 9.59 Å². The third-order valence-corrected chi connectivity index (χ3v) is 5.51. The molecule has 1 aliphatic carbocycles. The first kappa shape index (κ1) is 20.7. The molecule has 3 rings (SSSR count). The lowest BCUT2D eigenvalue weighted by molar-refractivity contribution is -0.124. The molecule has 0 fully saturated rings. The van der Waals surface area contributed by atoms with Crippen molar-refractivity contribution in [3.05, 3.63) is 83.1 Å². The smallest absolute Gasteiger partial charge is 0.247 e. The van der Waals surface area contributed by atoms with E-state index in [-0.39, 0.29) is 11.8 Å². The number of allylic oxidation sites excluding steroid dienone is 2. The molecule has 2 atom stereocenters. The van der Waals surface area contributed by atoms with E-state index in [4.69, 9.17) is 0 Å². The Morgan fingerprint density at radius 3 is 2.21 bits per heavy atom. The van der Waals surface area contributed by atoms with E-state index < -0.39 is 11.8 Å². The first-order valence-corrected chi connectivity index (χ1v) is 9.88. The average molecular weight is 408 g/mol. The summed E-state index contributed by atoms with van der Waals surface area (Å²) in [5.41, 5.74) is 3.85. The van der Waals surface area contributed by atoms with Crippen molar-refractivity contribution >= 4 is 30.1 Å². The van der Waals surface area contributed by atoms with Gasteiger partial charge in [-0.2, -0.15) is 0 Å². The molecule has 29 heavy (non-hydrogen) atoms. The van der Waals surface area contributed by atoms with Crippen LogP contribution in [-0.4, -0.2) is 25.9 Å². The van der Waals surface area contributed by atoms with Crippen molar-refractivity contribution in [2.75, 3.05) is 19.4 Å². The van der Waals surface area contributed by atoms with Crippen LogP contribution in [0.5, 0.6) is 0 Å². The third-order valence-electron chi connectivity index (χ3n) is 5.12. The topological polar surface area (TPSA) is 70.2 Å². The number of carbonyl (C=O) groups excluding carboxylic acids is 2. The van der Waals surface area contributed by atoms with Crippen LogP contribution in [0.2, 0.25) is 0 Å². The Kier molecular flexibility index (Phi) is 6.44. The largest absolute Gasteiger partial charge is 0.359 e. The van der Waals surface area contributed by atoms with Gasteiger partial charge in [-0.05, 0) is 36.3 Å². The molecule has 0 saturated carbocycles. The predicted molar refractivity (Wildman–Crippen MR) is 119 cm³/mol. The van der Waals surface area contributed by atoms with Crippen molar-refractivity contribution in [3.63, 3.8) is 0 Å². The maximum atomic E-state index is 13.0. The van der Waals surface area contributed by atoms with Crippen molar-refractivity contribution in [3.8, 4) is 0 Å². The summed E-state index contributed by atoms with van der Waals surface area (Å²) in [5, 5.41) is 8.87. The zero-order valence-electron chi connectivity index (χ0n) is 16.7. The van der Waals surface area contributed by atoms with Gasteiger partial charge in [-0.25, -0.2) is 0 Å². The lowest BCUT2D eigenvalue weighted by Crippen LogP contribution is -2.40. The summed E-state index contributed by atoms with van der Waals surface area (Å²) in [7, 11) is 3.22. The van der Waals surface area contributed by atoms with E-state index in [1.165, 1.54) is 0 Å². The second kappa shape index (κ2) is 9.01. The number of rotatable bonds is 5. The Hall–Kier alpha value is -2.99. The molecule has 0 spiro atoms. The maximum Gasteiger partial charge on any atom is 0.247 e. The molecule has 0 bridgehead atoms. The number of amides is 2. The quantitative estimate of drug-likeness (QED) is 0.574. The molecule has 2 unspecified atom stereocenters. The summed E-state index contributed by atoms with van der Waals surface area (Å²) in [6.07, 6.45) is 1.88. The van der Waals surface area contributed by atoms with Crippen LogP contribution in [0.1, 0.15) is 18.4 Å². The molecule has 2 aromatic carbocycles. The second-order valence-corrected chi connectivity index (χ2v) is 7.38. The zero-order valence-corrected chi connectivity index (χ0v) is 17.6. The van der Waals surface area contributed by atoms with Crippen LogP contribution in [0, 0.1) is 5.92 Å². The van der Waals surface area contributed by atoms with Crippen LogP contribution in [0.15, 0.2) is 82.4 Å². The molecule has 0 aliphatic heterocycles. The number of thiol groups is 1. The minimum absolute atomic E-state index is 0.164. The van der Waals surface area contributed by atoms with Crippen molar-refractivity contribution in [2.45, 2.75) is 17.7 Å². The van der Waals surface area contributed by atoms with E-state index in [1.807, 2.05) is 67.6 Å². The van der Waals surface area contributed by atoms with Crippen molar-refractivity contribution < 1.29 is 9.59 Å². The summed E-state index contributed by atoms with van der Waals surface area (Å²) in [6.45, 7) is 1.90. The summed E-state index contributed by atoms with van der Waals surface area (Å²) in [4.78, 5) is 26.6. The summed E-state index contributed by atoms with van der Waals surface area (Å²) >= 11 is 4.52. The molecule has 5 nitrogen and oxygen atoms in total. The van der Waals surface area contributed by atoms with Crippen LogP contribution in [0.25, 0.3) is 0 Å². The number of likely N-dealkylation sites (N-methyl/N-ethyl adjacent to an activating group) is 1. The monoisotopic (exact) mass is 407 g/mol. The van der Waals surface area contributed by atoms with Crippen LogP contribution in [0.3, 0.4) is 0 Å². The van der Waals surface area contributed by atoms with Gasteiger partial charge in [-0.1, -0.05) is 42.5 Å². The standard InChI is InChI=1S/C23H25N3O2S/c1-14-13-17(26-16-11-7-8-12-18(16)29)21(23(28)25-3)20(19(14)22(27)24-2)15-9-5-4-6-10-15/h4-13,20-21,26,29H,1-3H3,(H,24,27)(H,25,28). The Bertz CT molecular complexity index is 983. The van der Waals surface area contributed by atoms with Crippen molar-refractivity contribution in [1.29, 1.82) is 0 Å². The lowest BCUT2D eigenvalue weighted by atomic mass is 9.72. The molecule has 0 heterocycles. The van der Waals surface area contributed by atoms with Gasteiger partial charge in [0.05, 0.1) is 11.6 Å². The minimum atomic E-state index is -0.591. The van der Waals surface area contributed by atoms with Gasteiger partial charge in [0.25, 0.3) is 0 Å². The highest BCUT2D eigenvalue weighted by Gasteiger charge is 2.40. The Morgan fingerprint density at radius 2 is 1.59 bits per heavy atom. The van der Waals surface area contributed by atoms with Crippen LogP contribution in [-0.2, 0) is 9.59 Å². The van der Waals surface area contributed by atoms with Crippen molar-refractivity contribution in [2.24, 2.45) is 5.92 Å². The van der Waals surface area contributed by atoms with Crippen LogP contribution in [0.4, 0.5) is 5.69 Å². The Morgan fingerprint density at radius 1 is 0.931 bits per heavy atom. The van der Waals surface area contributed by atoms with E-state index in [1.54, 1.807) is 14.1 Å². The summed E-state index contributed by atoms with van der Waals surface area (Å²) in [5.74, 6) is -1.36. The predicted octanol–water partition coefficient (Wildman–Crippen LogP) is 3.49. The highest BCUT2D eigenvalue weighted by atomic mass is 32.1. The zero-order chi connectivity index (χ0) is 21.0. The van der Waals surface area contributed by atoms with Gasteiger partial charge in [0.1, 0.15) is 0 Å². The van der Waals surface area contributed by atoms with Gasteiger partial charge in [0.15, 0.2) is 0 Å². The molecular formula is C23H25N3O2S. The number of nitrogens with one attached hydrogen (secondary N) is 3. The Labute approximate surface area is 176 Å². The molecule has 2 amide bonds. The second-order valence-electron chi connectivity index (χ2n) is 6.90. The number of para-hydroxylation sites is 1. The fourth-order valence-electron chi connectivity index (χ4n) is 3.76. The number of carbonyl (C=O) groups is 2. The van der Waals surface area contributed by atoms with Crippen LogP contribution >= 0.6 is 12.6 Å². The van der Waals surface area contributed by atoms with E-state index in [0.717, 1.165) is 27.4 Å². The summed E-state index contributed by atoms with van der Waals surface area (Å²) in [6, 6.07) is 17.3. The Balaban J connectivity index is 2.18. The van der Waals surface area contributed by atoms with Crippen molar-refractivity contribution in [1.82, 2.24) is 10.6 Å². The van der Waals surface area contributed by atoms with E-state index >= 15 is 0 Å². The van der Waals surface area contributed by atoms with Gasteiger partial charge < -0.3 is 16.0 Å². The maximum absolute atomic E-state index is 13.0. The van der Waals surface area contributed by atoms with Gasteiger partial charge in [-0.15, -0.1) is 12.6 Å². The van der Waals surface area contributed by atoms with Gasteiger partial charge in [-0.3, -0.25) is 9.59 Å². The van der Waals surface area contributed by atoms with E-state index in [2.05, 4.69) is 28.6 Å². The number of hydrogen-bond donors (Lipinski definition) is 4. The minimum Gasteiger partial charge on any atom is -0.359 e. The number of anilines is 1. The first-order valence-electron chi connectivity index (χ1n) is 9.44. The molecular weight excluding hydrogens is 382 g/mol. The molecule has 1 aliphatic rings. The molecule has 0 radical (unpaired) electrons. The molecule has 6 heteroatoms. The molecule has 2 aromatic rings. The molecule has 150 valence electrons. The molecule has 0 aromatic heterocycles. The highest BCUT2D eigenvalue weighted by molar-refractivity contribution is 7.80. The molecule has 0 saturated heterocycles. The normalized spacial score (nSPS) is 18.7. The van der Waals surface area contributed by atoms with E-state index in [0.29, 0.717) is 5.57 Å². The van der Waals surface area contributed by atoms with Gasteiger partial charge in [0, 0.05) is 36.2 Å². The lowest BCUT2D eigenvalue weighted by Gasteiger charge is -2.34. The van der Waals surface area contributed by atoms with Gasteiger partial charge in [0.2, 0.25) is 11.8 Å². The third kappa shape index (κ3) is 4.22. The highest BCUT2D eigenvalue weighted by Crippen LogP contribution is 2.42. The number of benzene rings is 2. The fourth-order valence-corrected chi connectivity index (χ4v) is 3.98. The van der Waals surface area contributed by atoms with Crippen LogP contribution < -0.4 is 16.0 Å². The average Bonchev–Trinajstić information content (AvgIpc) is 2.74. The fraction of sp³-hybridized carbons (Fsp3) is 0.217. The molecule has 3 N–H and O–H groups in total. The first-order chi connectivity index (χ1) is 14.0. The SMILES string of the molecule is CNC(=O)C1=C(C)C=C(Nc2ccccc2S)C(C(=O)NC)C1c1ccccc1. The number of hydrogen-bond acceptors (Lipinski definition) is 4. The van der Waals surface area contributed by atoms with Gasteiger partial charge >= 0.3 is 0 Å².